The van der Waals surface area contributed by atoms with Gasteiger partial charge in [0, 0.05) is 0 Å². The van der Waals surface area contributed by atoms with E-state index in [0.29, 0.717) is 0 Å². The van der Waals surface area contributed by atoms with Gasteiger partial charge in [0.1, 0.15) is 11.4 Å². The summed E-state index contributed by atoms with van der Waals surface area (Å²) in [6.07, 6.45) is 0. The van der Waals surface area contributed by atoms with Crippen LogP contribution in [0.5, 0.6) is 11.5 Å². The van der Waals surface area contributed by atoms with Crippen LogP contribution in [0.3, 0.4) is 0 Å². The third-order valence-corrected chi connectivity index (χ3v) is 6.69. The van der Waals surface area contributed by atoms with Crippen molar-refractivity contribution in [3.63, 3.8) is 0 Å². The van der Waals surface area contributed by atoms with Crippen molar-refractivity contribution in [2.75, 3.05) is 4.31 Å². The summed E-state index contributed by atoms with van der Waals surface area (Å²) in [5.41, 5.74) is -1.44. The quantitative estimate of drug-likeness (QED) is 0.517. The molecule has 1 aliphatic heterocycles. The number of halogens is 6. The molecule has 3 rings (SSSR count). The number of rotatable bonds is 5. The average Bonchev–Trinajstić information content (AvgIpc) is 2.64. The van der Waals surface area contributed by atoms with E-state index in [4.69, 9.17) is 9.29 Å². The molecule has 0 atom stereocenters. The van der Waals surface area contributed by atoms with Crippen LogP contribution in [-0.4, -0.2) is 37.8 Å². The van der Waals surface area contributed by atoms with Gasteiger partial charge in [0.25, 0.3) is 0 Å². The lowest BCUT2D eigenvalue weighted by molar-refractivity contribution is -0.245. The van der Waals surface area contributed by atoms with Crippen LogP contribution in [-0.2, 0) is 20.1 Å². The van der Waals surface area contributed by atoms with Crippen molar-refractivity contribution < 1.29 is 52.5 Å². The Balaban J connectivity index is 2.28. The van der Waals surface area contributed by atoms with Gasteiger partial charge in [-0.3, -0.25) is 4.55 Å². The number of alkyl halides is 6. The van der Waals surface area contributed by atoms with Crippen molar-refractivity contribution >= 4 is 31.5 Å². The first kappa shape index (κ1) is 22.2. The fourth-order valence-electron chi connectivity index (χ4n) is 2.54. The lowest BCUT2D eigenvalue weighted by atomic mass is 10.2. The van der Waals surface area contributed by atoms with Crippen LogP contribution in [0, 0.1) is 0 Å². The number of hydrogen-bond donors (Lipinski definition) is 1. The smallest absolute Gasteiger partial charge is 0.439 e. The maximum Gasteiger partial charge on any atom is 0.439 e. The topological polar surface area (TPSA) is 101 Å². The highest BCUT2D eigenvalue weighted by atomic mass is 32.2. The Morgan fingerprint density at radius 1 is 0.733 bits per heavy atom. The second-order valence-electron chi connectivity index (χ2n) is 5.89. The number of ether oxygens (including phenoxy) is 1. The lowest BCUT2D eigenvalue weighted by Gasteiger charge is -2.37. The Kier molecular flexibility index (Phi) is 4.79. The van der Waals surface area contributed by atoms with Crippen molar-refractivity contribution in [2.24, 2.45) is 0 Å². The molecule has 2 aromatic carbocycles. The van der Waals surface area contributed by atoms with Gasteiger partial charge in [-0.2, -0.15) is 43.2 Å². The minimum absolute atomic E-state index is 0.352. The van der Waals surface area contributed by atoms with Gasteiger partial charge in [0.2, 0.25) is 0 Å². The third kappa shape index (κ3) is 2.83. The van der Waals surface area contributed by atoms with E-state index >= 15 is 0 Å². The second kappa shape index (κ2) is 6.49. The summed E-state index contributed by atoms with van der Waals surface area (Å²) >= 11 is 0. The van der Waals surface area contributed by atoms with E-state index in [1.165, 1.54) is 12.1 Å². The fraction of sp³-hybridized carbons (Fsp3) is 0.200. The van der Waals surface area contributed by atoms with Gasteiger partial charge in [-0.05, 0) is 24.3 Å². The molecule has 0 unspecified atom stereocenters. The maximum absolute atomic E-state index is 14.5. The SMILES string of the molecule is O=S(=O)(O)C(F)(F)C(F)(F)C(F)(F)S(=O)(=O)N1c2ccccc2Oc2ccccc21. The number of anilines is 2. The van der Waals surface area contributed by atoms with Crippen LogP contribution in [0.15, 0.2) is 48.5 Å². The second-order valence-corrected chi connectivity index (χ2v) is 9.18. The molecule has 2 aromatic rings. The van der Waals surface area contributed by atoms with Crippen LogP contribution < -0.4 is 9.04 Å². The standard InChI is InChI=1S/C15H9F6NO6S2/c16-13(17,15(20,21)30(25,26)27)14(18,19)29(23,24)22-9-5-1-3-7-11(9)28-12-8-4-2-6-10(12)22/h1-8H,(H,25,26,27). The minimum Gasteiger partial charge on any atom is -0.453 e. The van der Waals surface area contributed by atoms with E-state index in [1.807, 2.05) is 0 Å². The zero-order chi connectivity index (χ0) is 22.8. The van der Waals surface area contributed by atoms with Crippen LogP contribution in [0.2, 0.25) is 0 Å². The molecule has 0 saturated heterocycles. The van der Waals surface area contributed by atoms with Gasteiger partial charge in [0.05, 0.1) is 0 Å². The van der Waals surface area contributed by atoms with Crippen molar-refractivity contribution in [1.82, 2.24) is 0 Å². The molecule has 0 aromatic heterocycles. The van der Waals surface area contributed by atoms with E-state index in [1.54, 1.807) is 0 Å². The molecule has 0 spiro atoms. The summed E-state index contributed by atoms with van der Waals surface area (Å²) in [4.78, 5) is 0. The number of benzene rings is 2. The molecule has 1 aliphatic rings. The van der Waals surface area contributed by atoms with Crippen molar-refractivity contribution in [3.8, 4) is 11.5 Å². The molecule has 0 radical (unpaired) electrons. The van der Waals surface area contributed by atoms with Crippen LogP contribution in [0.4, 0.5) is 37.7 Å². The molecule has 0 amide bonds. The Bertz CT molecular complexity index is 1170. The molecular weight excluding hydrogens is 468 g/mol. The number of para-hydroxylation sites is 4. The first-order valence-corrected chi connectivity index (χ1v) is 10.5. The highest BCUT2D eigenvalue weighted by molar-refractivity contribution is 7.94. The van der Waals surface area contributed by atoms with Crippen molar-refractivity contribution in [3.05, 3.63) is 48.5 Å². The normalized spacial score (nSPS) is 15.2. The molecular formula is C15H9F6NO6S2. The number of nitrogens with zero attached hydrogens (tertiary/aromatic N) is 1. The molecule has 0 aliphatic carbocycles. The summed E-state index contributed by atoms with van der Waals surface area (Å²) in [7, 11) is -13.9. The third-order valence-electron chi connectivity index (χ3n) is 4.01. The highest BCUT2D eigenvalue weighted by Crippen LogP contribution is 2.55. The molecule has 15 heteroatoms. The predicted octanol–water partition coefficient (Wildman–Crippen LogP) is 3.97. The molecule has 0 bridgehead atoms. The largest absolute Gasteiger partial charge is 0.453 e. The molecule has 0 saturated carbocycles. The summed E-state index contributed by atoms with van der Waals surface area (Å²) in [5.74, 6) is -7.84. The molecule has 1 heterocycles. The van der Waals surface area contributed by atoms with Gasteiger partial charge in [0.15, 0.2) is 11.5 Å². The molecule has 0 fully saturated rings. The van der Waals surface area contributed by atoms with Crippen molar-refractivity contribution in [1.29, 1.82) is 0 Å². The minimum atomic E-state index is -7.13. The average molecular weight is 477 g/mol. The van der Waals surface area contributed by atoms with E-state index in [0.717, 1.165) is 36.4 Å². The number of fused-ring (bicyclic) bond motifs is 2. The van der Waals surface area contributed by atoms with Gasteiger partial charge >= 0.3 is 36.6 Å². The van der Waals surface area contributed by atoms with Crippen LogP contribution in [0.25, 0.3) is 0 Å². The summed E-state index contributed by atoms with van der Waals surface area (Å²) in [5, 5.41) is -13.5. The van der Waals surface area contributed by atoms with Gasteiger partial charge in [-0.1, -0.05) is 24.3 Å². The van der Waals surface area contributed by atoms with E-state index in [9.17, 15) is 43.2 Å². The van der Waals surface area contributed by atoms with Gasteiger partial charge in [-0.15, -0.1) is 0 Å². The zero-order valence-corrected chi connectivity index (χ0v) is 15.8. The lowest BCUT2D eigenvalue weighted by Crippen LogP contribution is -2.62. The highest BCUT2D eigenvalue weighted by Gasteiger charge is 2.83. The summed E-state index contributed by atoms with van der Waals surface area (Å²) in [6.45, 7) is 0. The number of hydrogen-bond acceptors (Lipinski definition) is 5. The fourth-order valence-corrected chi connectivity index (χ4v) is 4.56. The molecule has 1 N–H and O–H groups in total. The zero-order valence-electron chi connectivity index (χ0n) is 14.1. The van der Waals surface area contributed by atoms with E-state index in [-0.39, 0.29) is 15.8 Å². The van der Waals surface area contributed by atoms with Crippen LogP contribution in [0.1, 0.15) is 0 Å². The molecule has 30 heavy (non-hydrogen) atoms. The Morgan fingerprint density at radius 3 is 1.53 bits per heavy atom. The monoisotopic (exact) mass is 477 g/mol. The maximum atomic E-state index is 14.5. The molecule has 164 valence electrons. The summed E-state index contributed by atoms with van der Waals surface area (Å²) in [6, 6.07) is 8.76. The van der Waals surface area contributed by atoms with Gasteiger partial charge in [-0.25, -0.2) is 4.31 Å². The Morgan fingerprint density at radius 2 is 1.13 bits per heavy atom. The van der Waals surface area contributed by atoms with Gasteiger partial charge < -0.3 is 4.74 Å². The van der Waals surface area contributed by atoms with Crippen molar-refractivity contribution in [2.45, 2.75) is 16.4 Å². The predicted molar refractivity (Wildman–Crippen MR) is 90.4 cm³/mol. The summed E-state index contributed by atoms with van der Waals surface area (Å²) < 4.78 is 144. The first-order chi connectivity index (χ1) is 13.6. The van der Waals surface area contributed by atoms with Crippen LogP contribution >= 0.6 is 0 Å². The first-order valence-electron chi connectivity index (χ1n) is 7.58. The Hall–Kier alpha value is -2.52. The molecule has 7 nitrogen and oxygen atoms in total. The van der Waals surface area contributed by atoms with E-state index < -0.39 is 47.9 Å². The Labute approximate surface area is 165 Å². The van der Waals surface area contributed by atoms with E-state index in [2.05, 4.69) is 0 Å². The number of sulfonamides is 1.